The van der Waals surface area contributed by atoms with Crippen molar-refractivity contribution in [2.24, 2.45) is 0 Å². The topological polar surface area (TPSA) is 49.8 Å². The second-order valence-electron chi connectivity index (χ2n) is 1.83. The van der Waals surface area contributed by atoms with Gasteiger partial charge in [0.2, 0.25) is 0 Å². The Morgan fingerprint density at radius 3 is 2.18 bits per heavy atom. The third kappa shape index (κ3) is 4.05. The largest absolute Gasteiger partial charge is 0.329 e. The highest BCUT2D eigenvalue weighted by atomic mass is 15.4. The van der Waals surface area contributed by atoms with Crippen LogP contribution in [0.4, 0.5) is 0 Å². The normalized spacial score (nSPS) is 13.1. The van der Waals surface area contributed by atoms with Crippen molar-refractivity contribution < 1.29 is 0 Å². The van der Waals surface area contributed by atoms with Gasteiger partial charge < -0.3 is 5.43 Å². The van der Waals surface area contributed by atoms with Crippen molar-refractivity contribution in [3.63, 3.8) is 0 Å². The molecule has 4 nitrogen and oxygen atoms in total. The molecule has 58 valence electrons. The lowest BCUT2D eigenvalue weighted by molar-refractivity contribution is 0.727. The van der Waals surface area contributed by atoms with Crippen LogP contribution in [-0.4, -0.2) is 16.5 Å². The van der Waals surface area contributed by atoms with Crippen LogP contribution in [-0.2, 0) is 0 Å². The molecule has 2 rings (SSSR count). The first-order chi connectivity index (χ1) is 5.50. The predicted molar refractivity (Wildman–Crippen MR) is 42.3 cm³/mol. The van der Waals surface area contributed by atoms with Gasteiger partial charge in [0, 0.05) is 25.1 Å². The van der Waals surface area contributed by atoms with Crippen LogP contribution in [0, 0.1) is 0 Å². The highest BCUT2D eigenvalue weighted by molar-refractivity contribution is 4.85. The molecule has 1 aromatic heterocycles. The molecule has 0 radical (unpaired) electrons. The number of rotatable bonds is 0. The molecule has 0 saturated heterocycles. The Kier molecular flexibility index (Phi) is 3.75. The molecule has 2 heterocycles. The van der Waals surface area contributed by atoms with Crippen LogP contribution in [0.2, 0.25) is 0 Å². The zero-order valence-corrected chi connectivity index (χ0v) is 6.07. The average molecular weight is 150 g/mol. The van der Waals surface area contributed by atoms with E-state index < -0.39 is 0 Å². The maximum atomic E-state index is 3.67. The van der Waals surface area contributed by atoms with Crippen molar-refractivity contribution in [1.29, 1.82) is 0 Å². The van der Waals surface area contributed by atoms with E-state index >= 15 is 0 Å². The summed E-state index contributed by atoms with van der Waals surface area (Å²) < 4.78 is 0. The molecule has 0 unspecified atom stereocenters. The molecule has 0 amide bonds. The molecule has 2 N–H and O–H groups in total. The Labute approximate surface area is 65.3 Å². The van der Waals surface area contributed by atoms with E-state index in [1.165, 1.54) is 6.33 Å². The molecule has 4 heteroatoms. The van der Waals surface area contributed by atoms with Gasteiger partial charge in [-0.2, -0.15) is 0 Å². The van der Waals surface area contributed by atoms with E-state index in [1.807, 2.05) is 12.3 Å². The monoisotopic (exact) mass is 150 g/mol. The van der Waals surface area contributed by atoms with Crippen molar-refractivity contribution in [3.05, 3.63) is 37.1 Å². The molecule has 0 bridgehead atoms. The zero-order chi connectivity index (χ0) is 7.78. The van der Waals surface area contributed by atoms with E-state index in [-0.39, 0.29) is 0 Å². The zero-order valence-electron chi connectivity index (χ0n) is 6.07. The maximum absolute atomic E-state index is 3.67. The van der Waals surface area contributed by atoms with E-state index in [9.17, 15) is 0 Å². The van der Waals surface area contributed by atoms with Gasteiger partial charge in [0.1, 0.15) is 6.33 Å². The second kappa shape index (κ2) is 5.37. The van der Waals surface area contributed by atoms with Crippen LogP contribution in [0.15, 0.2) is 37.1 Å². The Morgan fingerprint density at radius 1 is 1.18 bits per heavy atom. The lowest BCUT2D eigenvalue weighted by Gasteiger charge is -1.83. The van der Waals surface area contributed by atoms with E-state index in [0.29, 0.717) is 0 Å². The van der Waals surface area contributed by atoms with Crippen molar-refractivity contribution >= 4 is 0 Å². The summed E-state index contributed by atoms with van der Waals surface area (Å²) in [6.07, 6.45) is 8.76. The summed E-state index contributed by atoms with van der Waals surface area (Å²) in [6.45, 7) is 0.958. The first-order valence-corrected chi connectivity index (χ1v) is 3.33. The van der Waals surface area contributed by atoms with Gasteiger partial charge in [-0.3, -0.25) is 0 Å². The quantitative estimate of drug-likeness (QED) is 0.550. The molecule has 0 aliphatic carbocycles. The summed E-state index contributed by atoms with van der Waals surface area (Å²) in [5, 5.41) is 0. The molecular weight excluding hydrogens is 140 g/mol. The van der Waals surface area contributed by atoms with Crippen molar-refractivity contribution in [2.75, 3.05) is 6.54 Å². The van der Waals surface area contributed by atoms with Gasteiger partial charge in [-0.05, 0) is 6.07 Å². The summed E-state index contributed by atoms with van der Waals surface area (Å²) in [5.74, 6) is 0. The Morgan fingerprint density at radius 2 is 2.00 bits per heavy atom. The van der Waals surface area contributed by atoms with Gasteiger partial charge in [0.15, 0.2) is 0 Å². The van der Waals surface area contributed by atoms with Gasteiger partial charge >= 0.3 is 0 Å². The molecule has 0 fully saturated rings. The minimum atomic E-state index is 0.958. The van der Waals surface area contributed by atoms with Crippen LogP contribution >= 0.6 is 0 Å². The minimum absolute atomic E-state index is 0.958. The summed E-state index contributed by atoms with van der Waals surface area (Å²) in [4.78, 5) is 7.35. The third-order valence-corrected chi connectivity index (χ3v) is 1.00. The molecule has 0 aromatic carbocycles. The second-order valence-corrected chi connectivity index (χ2v) is 1.83. The van der Waals surface area contributed by atoms with E-state index in [4.69, 9.17) is 0 Å². The smallest absolute Gasteiger partial charge is 0.115 e. The van der Waals surface area contributed by atoms with Crippen LogP contribution in [0.1, 0.15) is 0 Å². The fourth-order valence-corrected chi connectivity index (χ4v) is 0.548. The van der Waals surface area contributed by atoms with E-state index in [1.54, 1.807) is 18.5 Å². The number of nitrogens with zero attached hydrogens (tertiary/aromatic N) is 2. The standard InChI is InChI=1S/C4H4N2.C3H6N2/c1-2-5-4-6-3-1;1-2-4-5-3-1/h1-4H;1-2,4-5H,3H2. The SMILES string of the molecule is C1=CNNC1.c1cncnc1. The average Bonchev–Trinajstić information content (AvgIpc) is 2.64. The van der Waals surface area contributed by atoms with Crippen molar-refractivity contribution in [3.8, 4) is 0 Å². The first-order valence-electron chi connectivity index (χ1n) is 3.33. The third-order valence-electron chi connectivity index (χ3n) is 1.00. The van der Waals surface area contributed by atoms with Crippen LogP contribution < -0.4 is 10.9 Å². The van der Waals surface area contributed by atoms with Crippen LogP contribution in [0.25, 0.3) is 0 Å². The number of hydrazine groups is 1. The Bertz CT molecular complexity index is 164. The highest BCUT2D eigenvalue weighted by Gasteiger charge is 1.78. The van der Waals surface area contributed by atoms with Gasteiger partial charge in [0.05, 0.1) is 0 Å². The van der Waals surface area contributed by atoms with Gasteiger partial charge in [-0.15, -0.1) is 0 Å². The molecule has 0 spiro atoms. The molecular formula is C7H10N4. The molecule has 0 atom stereocenters. The number of aromatic nitrogens is 2. The van der Waals surface area contributed by atoms with Crippen LogP contribution in [0.3, 0.4) is 0 Å². The van der Waals surface area contributed by atoms with E-state index in [0.717, 1.165) is 6.54 Å². The number of hydrogen-bond donors (Lipinski definition) is 2. The predicted octanol–water partition coefficient (Wildman–Crippen LogP) is 0.0845. The summed E-state index contributed by atoms with van der Waals surface area (Å²) in [5.41, 5.74) is 5.65. The maximum Gasteiger partial charge on any atom is 0.115 e. The van der Waals surface area contributed by atoms with Crippen molar-refractivity contribution in [1.82, 2.24) is 20.8 Å². The Hall–Kier alpha value is -1.42. The van der Waals surface area contributed by atoms with Gasteiger partial charge in [-0.25, -0.2) is 15.4 Å². The van der Waals surface area contributed by atoms with Crippen LogP contribution in [0.5, 0.6) is 0 Å². The highest BCUT2D eigenvalue weighted by Crippen LogP contribution is 1.67. The molecule has 1 aliphatic heterocycles. The fraction of sp³-hybridized carbons (Fsp3) is 0.143. The molecule has 1 aliphatic rings. The molecule has 0 saturated carbocycles. The van der Waals surface area contributed by atoms with E-state index in [2.05, 4.69) is 20.8 Å². The number of nitrogens with one attached hydrogen (secondary N) is 2. The lowest BCUT2D eigenvalue weighted by atomic mass is 10.7. The van der Waals surface area contributed by atoms with Crippen molar-refractivity contribution in [2.45, 2.75) is 0 Å². The fourth-order valence-electron chi connectivity index (χ4n) is 0.548. The first kappa shape index (κ1) is 7.68. The number of hydrogen-bond acceptors (Lipinski definition) is 4. The summed E-state index contributed by atoms with van der Waals surface area (Å²) in [6, 6.07) is 1.78. The Balaban J connectivity index is 0.000000112. The summed E-state index contributed by atoms with van der Waals surface area (Å²) >= 11 is 0. The molecule has 11 heavy (non-hydrogen) atoms. The van der Waals surface area contributed by atoms with Gasteiger partial charge in [-0.1, -0.05) is 6.08 Å². The van der Waals surface area contributed by atoms with Gasteiger partial charge in [0.25, 0.3) is 0 Å². The summed E-state index contributed by atoms with van der Waals surface area (Å²) in [7, 11) is 0. The minimum Gasteiger partial charge on any atom is -0.329 e. The lowest BCUT2D eigenvalue weighted by Crippen LogP contribution is -2.19. The molecule has 1 aromatic rings.